The van der Waals surface area contributed by atoms with Gasteiger partial charge in [0.1, 0.15) is 5.75 Å². The van der Waals surface area contributed by atoms with Gasteiger partial charge in [0.15, 0.2) is 4.91 Å². The molecule has 0 N–H and O–H groups in total. The quantitative estimate of drug-likeness (QED) is 0.651. The largest absolute Gasteiger partial charge is 0.573 e. The summed E-state index contributed by atoms with van der Waals surface area (Å²) in [4.78, 5) is 15.3. The molecule has 0 radical (unpaired) electrons. The van der Waals surface area contributed by atoms with Crippen molar-refractivity contribution in [3.05, 3.63) is 58.6 Å². The second-order valence-corrected chi connectivity index (χ2v) is 9.34. The molecule has 0 unspecified atom stereocenters. The minimum Gasteiger partial charge on any atom is -0.406 e. The zero-order chi connectivity index (χ0) is 22.4. The van der Waals surface area contributed by atoms with Gasteiger partial charge in [0.05, 0.1) is 10.6 Å². The fourth-order valence-corrected chi connectivity index (χ4v) is 5.24. The van der Waals surface area contributed by atoms with Crippen LogP contribution in [0, 0.1) is 0 Å². The van der Waals surface area contributed by atoms with E-state index in [-0.39, 0.29) is 15.6 Å². The van der Waals surface area contributed by atoms with Crippen LogP contribution in [0.2, 0.25) is 5.02 Å². The molecule has 0 saturated carbocycles. The van der Waals surface area contributed by atoms with E-state index < -0.39 is 32.8 Å². The first-order valence-electron chi connectivity index (χ1n) is 9.27. The minimum atomic E-state index is -4.84. The smallest absolute Gasteiger partial charge is 0.406 e. The van der Waals surface area contributed by atoms with Crippen molar-refractivity contribution >= 4 is 38.7 Å². The molecule has 2 aromatic rings. The number of nitrogens with zero attached hydrogens (tertiary/aromatic N) is 2. The molecule has 1 amide bonds. The van der Waals surface area contributed by atoms with Gasteiger partial charge in [-0.3, -0.25) is 4.79 Å². The second kappa shape index (κ2) is 7.76. The molecule has 2 aliphatic rings. The Morgan fingerprint density at radius 1 is 1.03 bits per heavy atom. The van der Waals surface area contributed by atoms with Gasteiger partial charge < -0.3 is 14.5 Å². The van der Waals surface area contributed by atoms with Crippen molar-refractivity contribution in [3.8, 4) is 5.75 Å². The van der Waals surface area contributed by atoms with E-state index in [4.69, 9.17) is 11.6 Å². The van der Waals surface area contributed by atoms with Gasteiger partial charge in [-0.15, -0.1) is 13.2 Å². The van der Waals surface area contributed by atoms with Crippen LogP contribution >= 0.6 is 11.6 Å². The van der Waals surface area contributed by atoms with Crippen LogP contribution in [0.3, 0.4) is 0 Å². The van der Waals surface area contributed by atoms with Crippen molar-refractivity contribution in [2.24, 2.45) is 0 Å². The summed E-state index contributed by atoms with van der Waals surface area (Å²) in [5.74, 6) is -1.04. The van der Waals surface area contributed by atoms with Crippen molar-refractivity contribution < 1.29 is 31.1 Å². The Hall–Kier alpha value is -2.72. The van der Waals surface area contributed by atoms with Crippen LogP contribution in [0.25, 0.3) is 0 Å². The lowest BCUT2D eigenvalue weighted by atomic mass is 10.2. The summed E-state index contributed by atoms with van der Waals surface area (Å²) in [6, 6.07) is 9.00. The van der Waals surface area contributed by atoms with E-state index in [1.807, 2.05) is 0 Å². The molecule has 0 atom stereocenters. The lowest BCUT2D eigenvalue weighted by molar-refractivity contribution is -0.274. The number of ether oxygens (including phenoxy) is 1. The third-order valence-electron chi connectivity index (χ3n) is 4.96. The fourth-order valence-electron chi connectivity index (χ4n) is 3.55. The number of halogens is 4. The molecule has 6 nitrogen and oxygen atoms in total. The summed E-state index contributed by atoms with van der Waals surface area (Å²) in [5.41, 5.74) is 0.523. The van der Waals surface area contributed by atoms with E-state index in [1.165, 1.54) is 46.3 Å². The molecule has 2 heterocycles. The first-order chi connectivity index (χ1) is 14.6. The van der Waals surface area contributed by atoms with E-state index in [1.54, 1.807) is 0 Å². The molecule has 0 aromatic heterocycles. The predicted molar refractivity (Wildman–Crippen MR) is 108 cm³/mol. The average Bonchev–Trinajstić information content (AvgIpc) is 3.22. The standard InChI is InChI=1S/C20H16ClF3N2O4S/c21-13-3-8-17-16(11-13)26(14-4-6-15(7-5-14)30-20(22,23)24)12-18(31(17,28)29)19(27)25-9-1-2-10-25/h3-8,11-12H,1-2,9-10H2. The minimum absolute atomic E-state index is 0.113. The normalized spacial score (nSPS) is 17.9. The van der Waals surface area contributed by atoms with E-state index in [0.717, 1.165) is 25.0 Å². The number of sulfone groups is 1. The SMILES string of the molecule is O=C(C1=CN(c2ccc(OC(F)(F)F)cc2)c2cc(Cl)ccc2S1(=O)=O)N1CCCC1. The highest BCUT2D eigenvalue weighted by atomic mass is 35.5. The van der Waals surface area contributed by atoms with Crippen LogP contribution in [-0.2, 0) is 14.6 Å². The topological polar surface area (TPSA) is 66.9 Å². The molecule has 0 aliphatic carbocycles. The van der Waals surface area contributed by atoms with Crippen molar-refractivity contribution in [1.82, 2.24) is 4.90 Å². The number of hydrogen-bond donors (Lipinski definition) is 0. The average molecular weight is 473 g/mol. The Balaban J connectivity index is 1.80. The lowest BCUT2D eigenvalue weighted by Gasteiger charge is -2.30. The Morgan fingerprint density at radius 3 is 2.29 bits per heavy atom. The molecular weight excluding hydrogens is 457 g/mol. The Bertz CT molecular complexity index is 1160. The third-order valence-corrected chi connectivity index (χ3v) is 6.98. The Morgan fingerprint density at radius 2 is 1.68 bits per heavy atom. The Labute approximate surface area is 181 Å². The zero-order valence-corrected chi connectivity index (χ0v) is 17.5. The van der Waals surface area contributed by atoms with Crippen molar-refractivity contribution in [1.29, 1.82) is 0 Å². The summed E-state index contributed by atoms with van der Waals surface area (Å²) in [6.07, 6.45) is -2.07. The molecule has 31 heavy (non-hydrogen) atoms. The first kappa shape index (κ1) is 21.5. The van der Waals surface area contributed by atoms with E-state index in [9.17, 15) is 26.4 Å². The fraction of sp³-hybridized carbons (Fsp3) is 0.250. The summed E-state index contributed by atoms with van der Waals surface area (Å²) < 4.78 is 67.6. The van der Waals surface area contributed by atoms with Crippen molar-refractivity contribution in [3.63, 3.8) is 0 Å². The molecule has 4 rings (SSSR count). The second-order valence-electron chi connectivity index (χ2n) is 7.02. The summed E-state index contributed by atoms with van der Waals surface area (Å²) in [6.45, 7) is 0.922. The predicted octanol–water partition coefficient (Wildman–Crippen LogP) is 4.63. The maximum Gasteiger partial charge on any atom is 0.573 e. The number of anilines is 2. The van der Waals surface area contributed by atoms with Crippen molar-refractivity contribution in [2.75, 3.05) is 18.0 Å². The molecule has 2 aromatic carbocycles. The Kier molecular flexibility index (Phi) is 5.38. The van der Waals surface area contributed by atoms with E-state index >= 15 is 0 Å². The maximum atomic E-state index is 13.2. The number of likely N-dealkylation sites (tertiary alicyclic amines) is 1. The molecule has 11 heteroatoms. The van der Waals surface area contributed by atoms with Crippen molar-refractivity contribution in [2.45, 2.75) is 24.1 Å². The summed E-state index contributed by atoms with van der Waals surface area (Å²) in [7, 11) is -4.11. The van der Waals surface area contributed by atoms with Gasteiger partial charge >= 0.3 is 6.36 Å². The maximum absolute atomic E-state index is 13.2. The molecule has 0 bridgehead atoms. The number of hydrogen-bond acceptors (Lipinski definition) is 5. The first-order valence-corrected chi connectivity index (χ1v) is 11.1. The summed E-state index contributed by atoms with van der Waals surface area (Å²) in [5, 5.41) is 0.263. The highest BCUT2D eigenvalue weighted by molar-refractivity contribution is 7.96. The van der Waals surface area contributed by atoms with Gasteiger partial charge in [0.2, 0.25) is 9.84 Å². The highest BCUT2D eigenvalue weighted by Crippen LogP contribution is 2.42. The lowest BCUT2D eigenvalue weighted by Crippen LogP contribution is -2.35. The molecule has 0 spiro atoms. The third kappa shape index (κ3) is 4.22. The number of carbonyl (C=O) groups excluding carboxylic acids is 1. The number of benzene rings is 2. The van der Waals surface area contributed by atoms with Crippen LogP contribution in [0.4, 0.5) is 24.5 Å². The molecule has 2 aliphatic heterocycles. The number of fused-ring (bicyclic) bond motifs is 1. The summed E-state index contributed by atoms with van der Waals surface area (Å²) >= 11 is 6.06. The van der Waals surface area contributed by atoms with Crippen LogP contribution in [-0.4, -0.2) is 38.7 Å². The van der Waals surface area contributed by atoms with Gasteiger partial charge in [0, 0.05) is 30.0 Å². The van der Waals surface area contributed by atoms with Crippen LogP contribution < -0.4 is 9.64 Å². The zero-order valence-electron chi connectivity index (χ0n) is 15.9. The van der Waals surface area contributed by atoms with Gasteiger partial charge in [-0.25, -0.2) is 8.42 Å². The van der Waals surface area contributed by atoms with Crippen LogP contribution in [0.1, 0.15) is 12.8 Å². The van der Waals surface area contributed by atoms with Gasteiger partial charge in [-0.2, -0.15) is 0 Å². The number of alkyl halides is 3. The number of amides is 1. The highest BCUT2D eigenvalue weighted by Gasteiger charge is 2.38. The molecular formula is C20H16ClF3N2O4S. The van der Waals surface area contributed by atoms with Crippen LogP contribution in [0.5, 0.6) is 5.75 Å². The van der Waals surface area contributed by atoms with Gasteiger partial charge in [-0.1, -0.05) is 11.6 Å². The van der Waals surface area contributed by atoms with E-state index in [0.29, 0.717) is 18.8 Å². The van der Waals surface area contributed by atoms with Crippen LogP contribution in [0.15, 0.2) is 58.5 Å². The van der Waals surface area contributed by atoms with Gasteiger partial charge in [0.25, 0.3) is 5.91 Å². The molecule has 164 valence electrons. The number of carbonyl (C=O) groups is 1. The van der Waals surface area contributed by atoms with Gasteiger partial charge in [-0.05, 0) is 55.3 Å². The molecule has 1 saturated heterocycles. The van der Waals surface area contributed by atoms with E-state index in [2.05, 4.69) is 4.74 Å². The molecule has 1 fully saturated rings. The number of rotatable bonds is 3. The monoisotopic (exact) mass is 472 g/mol.